The first kappa shape index (κ1) is 13.2. The van der Waals surface area contributed by atoms with Crippen LogP contribution in [0.4, 0.5) is 5.69 Å². The van der Waals surface area contributed by atoms with E-state index in [9.17, 15) is 0 Å². The summed E-state index contributed by atoms with van der Waals surface area (Å²) in [6, 6.07) is 8.09. The average Bonchev–Trinajstić information content (AvgIpc) is 2.28. The summed E-state index contributed by atoms with van der Waals surface area (Å²) >= 11 is 7.79. The molecule has 86 valence electrons. The van der Waals surface area contributed by atoms with E-state index in [2.05, 4.69) is 24.1 Å². The summed E-state index contributed by atoms with van der Waals surface area (Å²) < 4.78 is 0. The van der Waals surface area contributed by atoms with Crippen LogP contribution >= 0.6 is 23.4 Å². The molecule has 0 aliphatic carbocycles. The molecule has 1 rings (SSSR count). The smallest absolute Gasteiger partial charge is 0.103 e. The summed E-state index contributed by atoms with van der Waals surface area (Å²) in [4.78, 5) is 2.10. The summed E-state index contributed by atoms with van der Waals surface area (Å²) in [5.74, 6) is 1.02. The largest absolute Gasteiger partial charge is 0.370 e. The van der Waals surface area contributed by atoms with E-state index in [1.165, 1.54) is 0 Å². The second kappa shape index (κ2) is 6.03. The van der Waals surface area contributed by atoms with Gasteiger partial charge in [-0.3, -0.25) is 0 Å². The van der Waals surface area contributed by atoms with Crippen LogP contribution in [0.2, 0.25) is 5.02 Å². The number of anilines is 1. The molecule has 0 heterocycles. The first-order valence-corrected chi connectivity index (χ1v) is 6.79. The molecule has 2 nitrogen and oxygen atoms in total. The molecular formula is C12H15ClN2S. The van der Waals surface area contributed by atoms with Crippen molar-refractivity contribution in [2.45, 2.75) is 13.0 Å². The third-order valence-electron chi connectivity index (χ3n) is 2.55. The minimum atomic E-state index is 0.376. The molecule has 0 saturated carbocycles. The van der Waals surface area contributed by atoms with Gasteiger partial charge >= 0.3 is 0 Å². The SMILES string of the molecule is CSCC(C)N(C)c1cccc(Cl)c1C#N. The lowest BCUT2D eigenvalue weighted by atomic mass is 10.1. The Labute approximate surface area is 106 Å². The summed E-state index contributed by atoms with van der Waals surface area (Å²) in [6.07, 6.45) is 2.08. The maximum absolute atomic E-state index is 9.09. The van der Waals surface area contributed by atoms with Crippen molar-refractivity contribution in [3.05, 3.63) is 28.8 Å². The highest BCUT2D eigenvalue weighted by molar-refractivity contribution is 7.98. The Morgan fingerprint density at radius 2 is 2.25 bits per heavy atom. The zero-order chi connectivity index (χ0) is 12.1. The summed E-state index contributed by atoms with van der Waals surface area (Å²) in [7, 11) is 1.99. The van der Waals surface area contributed by atoms with Gasteiger partial charge in [-0.05, 0) is 25.3 Å². The standard InChI is InChI=1S/C12H15ClN2S/c1-9(8-16-3)15(2)12-6-4-5-11(13)10(12)7-14/h4-6,9H,8H2,1-3H3. The molecule has 0 aliphatic rings. The second-order valence-corrected chi connectivity index (χ2v) is 4.98. The quantitative estimate of drug-likeness (QED) is 0.824. The number of thioether (sulfide) groups is 1. The Morgan fingerprint density at radius 3 is 2.81 bits per heavy atom. The molecule has 0 N–H and O–H groups in total. The summed E-state index contributed by atoms with van der Waals surface area (Å²) in [5, 5.41) is 9.61. The van der Waals surface area contributed by atoms with Crippen molar-refractivity contribution in [2.24, 2.45) is 0 Å². The van der Waals surface area contributed by atoms with Crippen LogP contribution in [0.25, 0.3) is 0 Å². The molecule has 0 amide bonds. The van der Waals surface area contributed by atoms with Crippen molar-refractivity contribution in [2.75, 3.05) is 24.0 Å². The number of nitrogens with zero attached hydrogens (tertiary/aromatic N) is 2. The van der Waals surface area contributed by atoms with Crippen LogP contribution in [0.15, 0.2) is 18.2 Å². The monoisotopic (exact) mass is 254 g/mol. The molecule has 0 aliphatic heterocycles. The fourth-order valence-corrected chi connectivity index (χ4v) is 2.43. The molecule has 4 heteroatoms. The second-order valence-electron chi connectivity index (χ2n) is 3.66. The molecular weight excluding hydrogens is 240 g/mol. The van der Waals surface area contributed by atoms with Crippen molar-refractivity contribution >= 4 is 29.1 Å². The number of nitriles is 1. The van der Waals surface area contributed by atoms with E-state index in [1.807, 2.05) is 19.2 Å². The highest BCUT2D eigenvalue weighted by atomic mass is 35.5. The normalized spacial score (nSPS) is 11.9. The predicted molar refractivity (Wildman–Crippen MR) is 72.4 cm³/mol. The molecule has 0 aromatic heterocycles. The lowest BCUT2D eigenvalue weighted by Crippen LogP contribution is -2.31. The number of hydrogen-bond donors (Lipinski definition) is 0. The van der Waals surface area contributed by atoms with E-state index in [-0.39, 0.29) is 0 Å². The van der Waals surface area contributed by atoms with Crippen LogP contribution in [0, 0.1) is 11.3 Å². The highest BCUT2D eigenvalue weighted by Crippen LogP contribution is 2.27. The van der Waals surface area contributed by atoms with Gasteiger partial charge in [0.15, 0.2) is 0 Å². The fourth-order valence-electron chi connectivity index (χ4n) is 1.51. The van der Waals surface area contributed by atoms with Gasteiger partial charge in [0.05, 0.1) is 16.3 Å². The van der Waals surface area contributed by atoms with Crippen LogP contribution in [-0.2, 0) is 0 Å². The molecule has 0 spiro atoms. The predicted octanol–water partition coefficient (Wildman–Crippen LogP) is 3.40. The van der Waals surface area contributed by atoms with Gasteiger partial charge in [0.1, 0.15) is 6.07 Å². The van der Waals surface area contributed by atoms with Gasteiger partial charge in [-0.1, -0.05) is 17.7 Å². The van der Waals surface area contributed by atoms with Crippen LogP contribution in [0.3, 0.4) is 0 Å². The Bertz CT molecular complexity index is 400. The van der Waals surface area contributed by atoms with Crippen molar-refractivity contribution in [1.29, 1.82) is 5.26 Å². The maximum atomic E-state index is 9.09. The van der Waals surface area contributed by atoms with Gasteiger partial charge in [-0.2, -0.15) is 17.0 Å². The van der Waals surface area contributed by atoms with E-state index in [1.54, 1.807) is 17.8 Å². The van der Waals surface area contributed by atoms with Crippen molar-refractivity contribution < 1.29 is 0 Å². The van der Waals surface area contributed by atoms with E-state index < -0.39 is 0 Å². The molecule has 1 atom stereocenters. The molecule has 0 saturated heterocycles. The summed E-state index contributed by atoms with van der Waals surface area (Å²) in [5.41, 5.74) is 1.45. The fraction of sp³-hybridized carbons (Fsp3) is 0.417. The van der Waals surface area contributed by atoms with Crippen molar-refractivity contribution in [3.8, 4) is 6.07 Å². The highest BCUT2D eigenvalue weighted by Gasteiger charge is 2.14. The average molecular weight is 255 g/mol. The van der Waals surface area contributed by atoms with Gasteiger partial charge in [0, 0.05) is 18.8 Å². The molecule has 16 heavy (non-hydrogen) atoms. The molecule has 1 aromatic rings. The van der Waals surface area contributed by atoms with Crippen molar-refractivity contribution in [3.63, 3.8) is 0 Å². The van der Waals surface area contributed by atoms with Gasteiger partial charge in [-0.15, -0.1) is 0 Å². The third-order valence-corrected chi connectivity index (χ3v) is 3.68. The van der Waals surface area contributed by atoms with E-state index >= 15 is 0 Å². The Kier molecular flexibility index (Phi) is 4.98. The molecule has 0 radical (unpaired) electrons. The maximum Gasteiger partial charge on any atom is 0.103 e. The zero-order valence-electron chi connectivity index (χ0n) is 9.70. The van der Waals surface area contributed by atoms with Crippen LogP contribution in [-0.4, -0.2) is 25.1 Å². The van der Waals surface area contributed by atoms with Gasteiger partial charge in [-0.25, -0.2) is 0 Å². The molecule has 0 fully saturated rings. The van der Waals surface area contributed by atoms with Crippen molar-refractivity contribution in [1.82, 2.24) is 0 Å². The number of halogens is 1. The number of rotatable bonds is 4. The Hall–Kier alpha value is -0.850. The minimum Gasteiger partial charge on any atom is -0.370 e. The first-order chi connectivity index (χ1) is 7.61. The zero-order valence-corrected chi connectivity index (χ0v) is 11.3. The molecule has 0 bridgehead atoms. The van der Waals surface area contributed by atoms with Crippen LogP contribution in [0.1, 0.15) is 12.5 Å². The summed E-state index contributed by atoms with van der Waals surface area (Å²) in [6.45, 7) is 2.14. The van der Waals surface area contributed by atoms with Gasteiger partial charge in [0.25, 0.3) is 0 Å². The Balaban J connectivity index is 3.04. The van der Waals surface area contributed by atoms with Crippen LogP contribution in [0.5, 0.6) is 0 Å². The van der Waals surface area contributed by atoms with E-state index in [4.69, 9.17) is 16.9 Å². The van der Waals surface area contributed by atoms with Gasteiger partial charge < -0.3 is 4.90 Å². The third kappa shape index (κ3) is 2.84. The first-order valence-electron chi connectivity index (χ1n) is 5.02. The van der Waals surface area contributed by atoms with Gasteiger partial charge in [0.2, 0.25) is 0 Å². The van der Waals surface area contributed by atoms with Crippen LogP contribution < -0.4 is 4.90 Å². The molecule has 1 unspecified atom stereocenters. The lowest BCUT2D eigenvalue weighted by Gasteiger charge is -2.27. The van der Waals surface area contributed by atoms with E-state index in [0.717, 1.165) is 11.4 Å². The number of benzene rings is 1. The Morgan fingerprint density at radius 1 is 1.56 bits per heavy atom. The minimum absolute atomic E-state index is 0.376. The lowest BCUT2D eigenvalue weighted by molar-refractivity contribution is 0.764. The molecule has 1 aromatic carbocycles. The van der Waals surface area contributed by atoms with E-state index in [0.29, 0.717) is 16.6 Å². The number of hydrogen-bond acceptors (Lipinski definition) is 3. The topological polar surface area (TPSA) is 27.0 Å².